The predicted molar refractivity (Wildman–Crippen MR) is 122 cm³/mol. The summed E-state index contributed by atoms with van der Waals surface area (Å²) in [5.74, 6) is -1.98. The highest BCUT2D eigenvalue weighted by Gasteiger charge is 2.26. The van der Waals surface area contributed by atoms with Gasteiger partial charge in [0.05, 0.1) is 11.6 Å². The topological polar surface area (TPSA) is 131 Å². The van der Waals surface area contributed by atoms with Gasteiger partial charge in [0.2, 0.25) is 10.0 Å². The zero-order valence-electron chi connectivity index (χ0n) is 18.2. The van der Waals surface area contributed by atoms with E-state index in [2.05, 4.69) is 14.8 Å². The normalized spacial score (nSPS) is 14.2. The average molecular weight is 497 g/mol. The molecular formula is C22H25ClN2O7S. The molecule has 0 heterocycles. The minimum Gasteiger partial charge on any atom is -0.507 e. The fourth-order valence-corrected chi connectivity index (χ4v) is 5.25. The molecule has 0 aromatic heterocycles. The van der Waals surface area contributed by atoms with Gasteiger partial charge in [0, 0.05) is 17.8 Å². The van der Waals surface area contributed by atoms with Gasteiger partial charge in [-0.1, -0.05) is 24.4 Å². The van der Waals surface area contributed by atoms with Crippen LogP contribution in [-0.2, 0) is 24.3 Å². The average Bonchev–Trinajstić information content (AvgIpc) is 3.24. The summed E-state index contributed by atoms with van der Waals surface area (Å²) in [6.45, 7) is 3.32. The lowest BCUT2D eigenvalue weighted by Gasteiger charge is -2.16. The third-order valence-electron chi connectivity index (χ3n) is 5.07. The van der Waals surface area contributed by atoms with Crippen LogP contribution in [0.2, 0.25) is 5.02 Å². The van der Waals surface area contributed by atoms with E-state index in [0.717, 1.165) is 25.7 Å². The summed E-state index contributed by atoms with van der Waals surface area (Å²) < 4.78 is 38.6. The minimum atomic E-state index is -3.95. The molecule has 1 amide bonds. The molecule has 0 saturated heterocycles. The molecule has 0 unspecified atom stereocenters. The Balaban J connectivity index is 1.81. The van der Waals surface area contributed by atoms with Crippen LogP contribution in [0.5, 0.6) is 17.2 Å². The Bertz CT molecular complexity index is 1140. The van der Waals surface area contributed by atoms with Crippen LogP contribution in [0.1, 0.15) is 38.2 Å². The highest BCUT2D eigenvalue weighted by atomic mass is 35.5. The van der Waals surface area contributed by atoms with Crippen LogP contribution in [0.15, 0.2) is 35.2 Å². The number of nitrogens with one attached hydrogen (secondary N) is 2. The van der Waals surface area contributed by atoms with E-state index in [9.17, 15) is 23.1 Å². The van der Waals surface area contributed by atoms with Crippen molar-refractivity contribution in [2.45, 2.75) is 50.5 Å². The zero-order valence-corrected chi connectivity index (χ0v) is 19.8. The van der Waals surface area contributed by atoms with Crippen LogP contribution >= 0.6 is 11.6 Å². The molecule has 1 aliphatic carbocycles. The van der Waals surface area contributed by atoms with E-state index in [4.69, 9.17) is 16.3 Å². The lowest BCUT2D eigenvalue weighted by Crippen LogP contribution is -2.32. The number of aryl methyl sites for hydroxylation is 1. The second kappa shape index (κ2) is 10.4. The van der Waals surface area contributed by atoms with Crippen LogP contribution in [0.3, 0.4) is 0 Å². The number of halogens is 1. The van der Waals surface area contributed by atoms with Gasteiger partial charge in [-0.3, -0.25) is 4.79 Å². The molecule has 1 aliphatic rings. The Morgan fingerprint density at radius 3 is 2.52 bits per heavy atom. The first kappa shape index (κ1) is 24.8. The minimum absolute atomic E-state index is 0.0688. The smallest absolute Gasteiger partial charge is 0.397 e. The summed E-state index contributed by atoms with van der Waals surface area (Å²) in [6, 6.07) is 6.64. The Kier molecular flexibility index (Phi) is 7.83. The van der Waals surface area contributed by atoms with Gasteiger partial charge in [0.1, 0.15) is 22.1 Å². The number of aromatic hydroxyl groups is 1. The standard InChI is InChI=1S/C22H25ClN2O7S/c1-3-31-22(28)21(27)24-15-10-13(2)20(17(23)11-15)32-16-8-9-18(26)19(12-16)33(29,30)25-14-6-4-5-7-14/h8-12,14,25-26H,3-7H2,1-2H3,(H,24,27). The zero-order chi connectivity index (χ0) is 24.2. The van der Waals surface area contributed by atoms with E-state index in [-0.39, 0.29) is 39.8 Å². The molecule has 0 bridgehead atoms. The van der Waals surface area contributed by atoms with Crippen molar-refractivity contribution >= 4 is 39.2 Å². The predicted octanol–water partition coefficient (Wildman–Crippen LogP) is 3.87. The molecule has 0 atom stereocenters. The summed E-state index contributed by atoms with van der Waals surface area (Å²) in [4.78, 5) is 23.1. The Morgan fingerprint density at radius 1 is 1.18 bits per heavy atom. The van der Waals surface area contributed by atoms with Crippen LogP contribution in [-0.4, -0.2) is 38.0 Å². The number of sulfonamides is 1. The summed E-state index contributed by atoms with van der Waals surface area (Å²) in [7, 11) is -3.95. The van der Waals surface area contributed by atoms with E-state index in [1.807, 2.05) is 0 Å². The van der Waals surface area contributed by atoms with E-state index < -0.39 is 27.6 Å². The lowest BCUT2D eigenvalue weighted by molar-refractivity contribution is -0.152. The third kappa shape index (κ3) is 6.16. The highest BCUT2D eigenvalue weighted by Crippen LogP contribution is 2.37. The molecule has 3 rings (SSSR count). The molecule has 0 aliphatic heterocycles. The fraction of sp³-hybridized carbons (Fsp3) is 0.364. The number of esters is 1. The van der Waals surface area contributed by atoms with Crippen LogP contribution in [0, 0.1) is 6.92 Å². The van der Waals surface area contributed by atoms with Crippen LogP contribution in [0.4, 0.5) is 5.69 Å². The van der Waals surface area contributed by atoms with Gasteiger partial charge in [-0.25, -0.2) is 17.9 Å². The molecule has 3 N–H and O–H groups in total. The number of hydrogen-bond acceptors (Lipinski definition) is 7. The van der Waals surface area contributed by atoms with Crippen molar-refractivity contribution in [3.63, 3.8) is 0 Å². The van der Waals surface area contributed by atoms with Crippen LogP contribution < -0.4 is 14.8 Å². The first-order chi connectivity index (χ1) is 15.6. The van der Waals surface area contributed by atoms with E-state index >= 15 is 0 Å². The summed E-state index contributed by atoms with van der Waals surface area (Å²) in [5, 5.41) is 12.7. The number of ether oxygens (including phenoxy) is 2. The molecule has 9 nitrogen and oxygen atoms in total. The van der Waals surface area contributed by atoms with Crippen molar-refractivity contribution in [2.24, 2.45) is 0 Å². The van der Waals surface area contributed by atoms with Crippen molar-refractivity contribution in [1.82, 2.24) is 4.72 Å². The largest absolute Gasteiger partial charge is 0.507 e. The van der Waals surface area contributed by atoms with Crippen LogP contribution in [0.25, 0.3) is 0 Å². The monoisotopic (exact) mass is 496 g/mol. The van der Waals surface area contributed by atoms with Gasteiger partial charge in [-0.2, -0.15) is 0 Å². The second-order valence-corrected chi connectivity index (χ2v) is 9.70. The molecular weight excluding hydrogens is 472 g/mol. The first-order valence-corrected chi connectivity index (χ1v) is 12.3. The van der Waals surface area contributed by atoms with Gasteiger partial charge >= 0.3 is 11.9 Å². The van der Waals surface area contributed by atoms with Crippen molar-refractivity contribution in [2.75, 3.05) is 11.9 Å². The van der Waals surface area contributed by atoms with E-state index in [0.29, 0.717) is 5.56 Å². The number of benzene rings is 2. The summed E-state index contributed by atoms with van der Waals surface area (Å²) >= 11 is 6.31. The second-order valence-electron chi connectivity index (χ2n) is 7.61. The Hall–Kier alpha value is -2.82. The molecule has 33 heavy (non-hydrogen) atoms. The maximum atomic E-state index is 12.8. The molecule has 11 heteroatoms. The Morgan fingerprint density at radius 2 is 1.88 bits per heavy atom. The number of carbonyl (C=O) groups is 2. The molecule has 2 aromatic carbocycles. The van der Waals surface area contributed by atoms with E-state index in [1.54, 1.807) is 13.8 Å². The van der Waals surface area contributed by atoms with Crippen molar-refractivity contribution in [3.05, 3.63) is 40.9 Å². The maximum absolute atomic E-state index is 12.8. The molecule has 0 spiro atoms. The molecule has 0 radical (unpaired) electrons. The number of carbonyl (C=O) groups excluding carboxylic acids is 2. The first-order valence-electron chi connectivity index (χ1n) is 10.4. The van der Waals surface area contributed by atoms with Gasteiger partial charge in [-0.05, 0) is 56.5 Å². The Labute approximate surface area is 197 Å². The lowest BCUT2D eigenvalue weighted by atomic mass is 10.2. The van der Waals surface area contributed by atoms with Crippen molar-refractivity contribution < 1.29 is 32.6 Å². The number of rotatable bonds is 7. The number of amides is 1. The van der Waals surface area contributed by atoms with E-state index in [1.165, 1.54) is 30.3 Å². The molecule has 1 saturated carbocycles. The van der Waals surface area contributed by atoms with Gasteiger partial charge in [0.15, 0.2) is 0 Å². The molecule has 2 aromatic rings. The van der Waals surface area contributed by atoms with Crippen molar-refractivity contribution in [1.29, 1.82) is 0 Å². The fourth-order valence-electron chi connectivity index (χ4n) is 3.53. The number of anilines is 1. The van der Waals surface area contributed by atoms with Crippen molar-refractivity contribution in [3.8, 4) is 17.2 Å². The molecule has 1 fully saturated rings. The maximum Gasteiger partial charge on any atom is 0.397 e. The quantitative estimate of drug-likeness (QED) is 0.391. The summed E-state index contributed by atoms with van der Waals surface area (Å²) in [6.07, 6.45) is 3.42. The number of hydrogen-bond donors (Lipinski definition) is 3. The van der Waals surface area contributed by atoms with Gasteiger partial charge in [-0.15, -0.1) is 0 Å². The molecule has 178 valence electrons. The number of phenolic OH excluding ortho intramolecular Hbond substituents is 1. The summed E-state index contributed by atoms with van der Waals surface area (Å²) in [5.41, 5.74) is 0.779. The van der Waals surface area contributed by atoms with Gasteiger partial charge < -0.3 is 19.9 Å². The SMILES string of the molecule is CCOC(=O)C(=O)Nc1cc(C)c(Oc2ccc(O)c(S(=O)(=O)NC3CCCC3)c2)c(Cl)c1. The third-order valence-corrected chi connectivity index (χ3v) is 6.90. The van der Waals surface area contributed by atoms with Gasteiger partial charge in [0.25, 0.3) is 0 Å². The highest BCUT2D eigenvalue weighted by molar-refractivity contribution is 7.89. The number of phenols is 1.